The summed E-state index contributed by atoms with van der Waals surface area (Å²) in [5, 5.41) is 0. The van der Waals surface area contributed by atoms with Crippen molar-refractivity contribution >= 4 is 0 Å². The molecule has 0 atom stereocenters. The van der Waals surface area contributed by atoms with Crippen LogP contribution in [0.1, 0.15) is 5.56 Å². The van der Waals surface area contributed by atoms with Crippen molar-refractivity contribution in [2.75, 3.05) is 0 Å². The molecule has 1 aromatic rings. The average molecular weight is 228 g/mol. The summed E-state index contributed by atoms with van der Waals surface area (Å²) in [4.78, 5) is 0. The van der Waals surface area contributed by atoms with Gasteiger partial charge in [-0.25, -0.2) is 8.78 Å². The van der Waals surface area contributed by atoms with E-state index >= 15 is 0 Å². The molecule has 11 heavy (non-hydrogen) atoms. The Bertz CT molecular complexity index is 177. The number of benzene rings is 1. The van der Waals surface area contributed by atoms with Crippen LogP contribution in [0.4, 0.5) is 8.78 Å². The van der Waals surface area contributed by atoms with Crippen LogP contribution in [0.5, 0.6) is 0 Å². The molecule has 0 amide bonds. The Morgan fingerprint density at radius 1 is 1.00 bits per heavy atom. The molecule has 0 fully saturated rings. The smallest absolute Gasteiger partial charge is 1.00 e. The van der Waals surface area contributed by atoms with Crippen molar-refractivity contribution in [3.63, 3.8) is 0 Å². The Kier molecular flexibility index (Phi) is 6.73. The zero-order valence-electron chi connectivity index (χ0n) is 5.78. The molecule has 0 radical (unpaired) electrons. The molecular weight excluding hydrogens is 223 g/mol. The zero-order chi connectivity index (χ0) is 6.85. The maximum atomic E-state index is 12.1. The largest absolute Gasteiger partial charge is 2.00 e. The molecule has 0 aromatic heterocycles. The topological polar surface area (TPSA) is 0 Å². The molecular formula is C7H5ClF2Zn. The molecule has 0 aliphatic rings. The maximum absolute atomic E-state index is 12.1. The van der Waals surface area contributed by atoms with Gasteiger partial charge in [-0.15, -0.1) is 12.1 Å². The second-order valence-electron chi connectivity index (χ2n) is 1.78. The number of rotatable bonds is 0. The summed E-state index contributed by atoms with van der Waals surface area (Å²) in [6.07, 6.45) is 0. The summed E-state index contributed by atoms with van der Waals surface area (Å²) < 4.78 is 24.3. The van der Waals surface area contributed by atoms with E-state index in [0.29, 0.717) is 5.56 Å². The van der Waals surface area contributed by atoms with E-state index in [1.165, 1.54) is 12.1 Å². The van der Waals surface area contributed by atoms with E-state index in [1.54, 1.807) is 0 Å². The van der Waals surface area contributed by atoms with Crippen molar-refractivity contribution in [3.8, 4) is 0 Å². The Labute approximate surface area is 83.2 Å². The van der Waals surface area contributed by atoms with Crippen molar-refractivity contribution in [3.05, 3.63) is 42.3 Å². The normalized spacial score (nSPS) is 7.82. The molecule has 0 bridgehead atoms. The molecule has 56 valence electrons. The van der Waals surface area contributed by atoms with E-state index in [9.17, 15) is 8.78 Å². The fourth-order valence-corrected chi connectivity index (χ4v) is 0.611. The van der Waals surface area contributed by atoms with Crippen molar-refractivity contribution in [2.24, 2.45) is 0 Å². The molecule has 0 heterocycles. The minimum atomic E-state index is -0.583. The molecule has 1 rings (SSSR count). The first kappa shape index (κ1) is 13.5. The van der Waals surface area contributed by atoms with Crippen molar-refractivity contribution in [1.29, 1.82) is 0 Å². The molecule has 0 aliphatic heterocycles. The molecule has 0 spiro atoms. The Balaban J connectivity index is 0. The first-order valence-corrected chi connectivity index (χ1v) is 2.46. The minimum absolute atomic E-state index is 0. The first-order chi connectivity index (χ1) is 4.18. The molecule has 0 unspecified atom stereocenters. The van der Waals surface area contributed by atoms with Crippen LogP contribution >= 0.6 is 0 Å². The first-order valence-electron chi connectivity index (χ1n) is 2.46. The summed E-state index contributed by atoms with van der Waals surface area (Å²) in [6.45, 7) is 3.36. The molecule has 1 aromatic carbocycles. The van der Waals surface area contributed by atoms with Crippen molar-refractivity contribution < 1.29 is 40.7 Å². The van der Waals surface area contributed by atoms with Crippen molar-refractivity contribution in [2.45, 2.75) is 0 Å². The second kappa shape index (κ2) is 5.51. The van der Waals surface area contributed by atoms with E-state index in [-0.39, 0.29) is 31.9 Å². The monoisotopic (exact) mass is 226 g/mol. The summed E-state index contributed by atoms with van der Waals surface area (Å²) >= 11 is 0. The van der Waals surface area contributed by atoms with E-state index in [2.05, 4.69) is 6.92 Å². The van der Waals surface area contributed by atoms with Crippen LogP contribution in [-0.2, 0) is 19.5 Å². The fourth-order valence-electron chi connectivity index (χ4n) is 0.611. The predicted octanol–water partition coefficient (Wildman–Crippen LogP) is -0.852. The molecule has 0 nitrogen and oxygen atoms in total. The van der Waals surface area contributed by atoms with E-state index in [4.69, 9.17) is 0 Å². The average Bonchev–Trinajstić information content (AvgIpc) is 1.59. The van der Waals surface area contributed by atoms with Gasteiger partial charge in [0.05, 0.1) is 11.6 Å². The fraction of sp³-hybridized carbons (Fsp3) is 0. The van der Waals surface area contributed by atoms with E-state index < -0.39 is 11.6 Å². The third kappa shape index (κ3) is 4.33. The third-order valence-electron chi connectivity index (χ3n) is 0.922. The van der Waals surface area contributed by atoms with Gasteiger partial charge in [0.25, 0.3) is 0 Å². The number of halogens is 3. The summed E-state index contributed by atoms with van der Waals surface area (Å²) in [6, 6.07) is 3.15. The van der Waals surface area contributed by atoms with Crippen LogP contribution in [0, 0.1) is 18.6 Å². The minimum Gasteiger partial charge on any atom is -1.00 e. The van der Waals surface area contributed by atoms with E-state index in [0.717, 1.165) is 6.07 Å². The van der Waals surface area contributed by atoms with Crippen LogP contribution in [0.3, 0.4) is 0 Å². The standard InChI is InChI=1S/C7H5F2.ClH.Zn/c1-5-2-6(8)4-7(9)3-5;;/h2-4H,1H2;1H;/q-1;;+2/p-1. The Morgan fingerprint density at radius 3 is 1.64 bits per heavy atom. The van der Waals surface area contributed by atoms with Crippen LogP contribution in [0.25, 0.3) is 0 Å². The van der Waals surface area contributed by atoms with Gasteiger partial charge < -0.3 is 12.4 Å². The summed E-state index contributed by atoms with van der Waals surface area (Å²) in [5.74, 6) is -1.17. The van der Waals surface area contributed by atoms with E-state index in [1.807, 2.05) is 0 Å². The Morgan fingerprint density at radius 2 is 1.36 bits per heavy atom. The third-order valence-corrected chi connectivity index (χ3v) is 0.922. The number of hydrogen-bond donors (Lipinski definition) is 0. The Hall–Kier alpha value is -0.137. The van der Waals surface area contributed by atoms with Crippen LogP contribution in [-0.4, -0.2) is 0 Å². The SMILES string of the molecule is [CH2-]c1cc(F)cc(F)c1.[Cl-].[Zn+2]. The van der Waals surface area contributed by atoms with Gasteiger partial charge in [0, 0.05) is 0 Å². The van der Waals surface area contributed by atoms with Crippen molar-refractivity contribution in [1.82, 2.24) is 0 Å². The van der Waals surface area contributed by atoms with Crippen LogP contribution < -0.4 is 12.4 Å². The maximum Gasteiger partial charge on any atom is 2.00 e. The van der Waals surface area contributed by atoms with Crippen LogP contribution in [0.2, 0.25) is 0 Å². The van der Waals surface area contributed by atoms with Gasteiger partial charge in [0.15, 0.2) is 0 Å². The van der Waals surface area contributed by atoms with Gasteiger partial charge >= 0.3 is 19.5 Å². The molecule has 0 aliphatic carbocycles. The molecule has 4 heteroatoms. The summed E-state index contributed by atoms with van der Waals surface area (Å²) in [5.41, 5.74) is 0.354. The van der Waals surface area contributed by atoms with Crippen LogP contribution in [0.15, 0.2) is 18.2 Å². The summed E-state index contributed by atoms with van der Waals surface area (Å²) in [7, 11) is 0. The zero-order valence-corrected chi connectivity index (χ0v) is 9.50. The quantitative estimate of drug-likeness (QED) is 0.400. The van der Waals surface area contributed by atoms with Gasteiger partial charge in [-0.2, -0.15) is 12.5 Å². The molecule has 0 saturated carbocycles. The molecule has 0 saturated heterocycles. The molecule has 0 N–H and O–H groups in total. The number of hydrogen-bond acceptors (Lipinski definition) is 0. The predicted molar refractivity (Wildman–Crippen MR) is 30.8 cm³/mol. The van der Waals surface area contributed by atoms with Gasteiger partial charge in [-0.05, 0) is 6.07 Å². The second-order valence-corrected chi connectivity index (χ2v) is 1.78. The van der Waals surface area contributed by atoms with Gasteiger partial charge in [-0.3, -0.25) is 0 Å². The van der Waals surface area contributed by atoms with Gasteiger partial charge in [-0.1, -0.05) is 0 Å². The van der Waals surface area contributed by atoms with Gasteiger partial charge in [0.2, 0.25) is 0 Å². The van der Waals surface area contributed by atoms with Gasteiger partial charge in [0.1, 0.15) is 0 Å².